The maximum absolute atomic E-state index is 11.0. The number of quaternary nitrogens is 1. The van der Waals surface area contributed by atoms with E-state index < -0.39 is 7.82 Å². The quantitative estimate of drug-likeness (QED) is 0.627. The van der Waals surface area contributed by atoms with Crippen LogP contribution in [-0.2, 0) is 11.0 Å². The molecule has 1 aromatic heterocycles. The molecule has 0 saturated carbocycles. The Balaban J connectivity index is 2.35. The van der Waals surface area contributed by atoms with E-state index in [0.29, 0.717) is 5.39 Å². The second-order valence-corrected chi connectivity index (χ2v) is 6.90. The molecule has 6 nitrogen and oxygen atoms in total. The number of nitrogens with one attached hydrogen (secondary N) is 1. The third-order valence-corrected chi connectivity index (χ3v) is 4.23. The van der Waals surface area contributed by atoms with Crippen molar-refractivity contribution in [2.75, 3.05) is 27.2 Å². The normalized spacial score (nSPS) is 15.1. The first-order valence-electron chi connectivity index (χ1n) is 6.86. The van der Waals surface area contributed by atoms with Crippen LogP contribution in [0.4, 0.5) is 0 Å². The summed E-state index contributed by atoms with van der Waals surface area (Å²) in [5.41, 5.74) is 1.77. The largest absolute Gasteiger partial charge is 0.746 e. The van der Waals surface area contributed by atoms with E-state index in [-0.39, 0.29) is 5.75 Å². The predicted molar refractivity (Wildman–Crippen MR) is 80.0 cm³/mol. The summed E-state index contributed by atoms with van der Waals surface area (Å²) >= 11 is 0. The molecule has 0 radical (unpaired) electrons. The van der Waals surface area contributed by atoms with Crippen molar-refractivity contribution < 1.29 is 23.4 Å². The van der Waals surface area contributed by atoms with Crippen molar-refractivity contribution in [2.45, 2.75) is 13.3 Å². The molecular weight excluding hydrogens is 291 g/mol. The molecule has 0 aliphatic carbocycles. The highest BCUT2D eigenvalue weighted by atomic mass is 31.2. The summed E-state index contributed by atoms with van der Waals surface area (Å²) in [6.45, 7) is 4.06. The van der Waals surface area contributed by atoms with Crippen LogP contribution in [0, 0.1) is 0 Å². The minimum Gasteiger partial charge on any atom is -0.746 e. The summed E-state index contributed by atoms with van der Waals surface area (Å²) in [4.78, 5) is 23.0. The van der Waals surface area contributed by atoms with E-state index in [1.54, 1.807) is 12.1 Å². The van der Waals surface area contributed by atoms with Crippen LogP contribution in [0.15, 0.2) is 24.4 Å². The van der Waals surface area contributed by atoms with Crippen molar-refractivity contribution in [1.29, 1.82) is 0 Å². The number of fused-ring (bicyclic) bond motifs is 1. The van der Waals surface area contributed by atoms with Gasteiger partial charge in [-0.25, -0.2) is 0 Å². The fourth-order valence-electron chi connectivity index (χ4n) is 2.20. The van der Waals surface area contributed by atoms with Gasteiger partial charge in [-0.2, -0.15) is 0 Å². The van der Waals surface area contributed by atoms with Crippen LogP contribution in [0.25, 0.3) is 10.9 Å². The first-order chi connectivity index (χ1) is 9.72. The van der Waals surface area contributed by atoms with Gasteiger partial charge in [0.15, 0.2) is 0 Å². The van der Waals surface area contributed by atoms with Gasteiger partial charge in [0.05, 0.1) is 27.2 Å². The lowest BCUT2D eigenvalue weighted by molar-refractivity contribution is -0.888. The van der Waals surface area contributed by atoms with Crippen LogP contribution in [-0.4, -0.2) is 41.5 Å². The number of hydrogen-bond acceptors (Lipinski definition) is 3. The van der Waals surface area contributed by atoms with Crippen molar-refractivity contribution >= 4 is 18.7 Å². The van der Waals surface area contributed by atoms with Gasteiger partial charge in [-0.05, 0) is 24.6 Å². The fraction of sp³-hybridized carbons (Fsp3) is 0.429. The molecule has 7 heteroatoms. The molecule has 2 aromatic rings. The van der Waals surface area contributed by atoms with Crippen molar-refractivity contribution in [3.05, 3.63) is 30.0 Å². The SMILES string of the molecule is CC[N+](C)(C)CCc1c[nH]c2cccc(OP(=O)([O-])O)c12. The molecule has 0 fully saturated rings. The van der Waals surface area contributed by atoms with Crippen LogP contribution in [0.1, 0.15) is 12.5 Å². The second-order valence-electron chi connectivity index (χ2n) is 5.78. The van der Waals surface area contributed by atoms with E-state index in [0.717, 1.165) is 35.1 Å². The second kappa shape index (κ2) is 5.81. The van der Waals surface area contributed by atoms with E-state index in [1.165, 1.54) is 0 Å². The Hall–Kier alpha value is -1.33. The van der Waals surface area contributed by atoms with Crippen LogP contribution in [0.2, 0.25) is 0 Å². The molecule has 1 heterocycles. The Morgan fingerprint density at radius 2 is 2.14 bits per heavy atom. The number of nitrogens with zero attached hydrogens (tertiary/aromatic N) is 1. The number of H-pyrrole nitrogens is 1. The topological polar surface area (TPSA) is 85.4 Å². The van der Waals surface area contributed by atoms with Gasteiger partial charge in [0.25, 0.3) is 0 Å². The van der Waals surface area contributed by atoms with Gasteiger partial charge in [0.1, 0.15) is 5.75 Å². The monoisotopic (exact) mass is 312 g/mol. The number of aromatic amines is 1. The van der Waals surface area contributed by atoms with Crippen LogP contribution >= 0.6 is 7.82 Å². The zero-order valence-electron chi connectivity index (χ0n) is 12.5. The van der Waals surface area contributed by atoms with Gasteiger partial charge >= 0.3 is 7.82 Å². The molecule has 1 atom stereocenters. The minimum atomic E-state index is -4.81. The standard InChI is InChI=1S/C14H21N2O4P/c1-4-16(2,3)9-8-11-10-15-12-6-5-7-13(14(11)12)20-21(17,18)19/h5-7,10,15H,4,8-9H2,1-3H3,(H-,17,18,19). The highest BCUT2D eigenvalue weighted by Crippen LogP contribution is 2.38. The summed E-state index contributed by atoms with van der Waals surface area (Å²) in [6.07, 6.45) is 2.65. The smallest absolute Gasteiger partial charge is 0.317 e. The number of phosphoric ester groups is 1. The van der Waals surface area contributed by atoms with E-state index in [4.69, 9.17) is 9.42 Å². The Kier molecular flexibility index (Phi) is 4.44. The number of hydrogen-bond donors (Lipinski definition) is 2. The number of phosphoric acid groups is 1. The lowest BCUT2D eigenvalue weighted by atomic mass is 10.1. The Morgan fingerprint density at radius 1 is 1.43 bits per heavy atom. The molecule has 0 aliphatic rings. The number of benzene rings is 1. The number of aromatic nitrogens is 1. The number of rotatable bonds is 6. The molecule has 0 amide bonds. The summed E-state index contributed by atoms with van der Waals surface area (Å²) in [6, 6.07) is 5.07. The summed E-state index contributed by atoms with van der Waals surface area (Å²) in [5, 5.41) is 0.707. The van der Waals surface area contributed by atoms with E-state index in [9.17, 15) is 9.46 Å². The molecule has 116 valence electrons. The predicted octanol–water partition coefficient (Wildman–Crippen LogP) is 1.65. The number of likely N-dealkylation sites (N-methyl/N-ethyl adjacent to an activating group) is 1. The van der Waals surface area contributed by atoms with Gasteiger partial charge in [0.2, 0.25) is 0 Å². The van der Waals surface area contributed by atoms with Crippen molar-refractivity contribution in [1.82, 2.24) is 4.98 Å². The van der Waals surface area contributed by atoms with Crippen molar-refractivity contribution in [2.24, 2.45) is 0 Å². The van der Waals surface area contributed by atoms with Crippen LogP contribution in [0.3, 0.4) is 0 Å². The first-order valence-corrected chi connectivity index (χ1v) is 8.36. The van der Waals surface area contributed by atoms with Gasteiger partial charge in [-0.15, -0.1) is 0 Å². The average molecular weight is 312 g/mol. The molecule has 0 spiro atoms. The van der Waals surface area contributed by atoms with Gasteiger partial charge < -0.3 is 23.8 Å². The lowest BCUT2D eigenvalue weighted by Gasteiger charge is -2.28. The first kappa shape index (κ1) is 16.0. The third-order valence-electron chi connectivity index (χ3n) is 3.81. The van der Waals surface area contributed by atoms with Crippen LogP contribution < -0.4 is 9.42 Å². The summed E-state index contributed by atoms with van der Waals surface area (Å²) in [7, 11) is -0.523. The van der Waals surface area contributed by atoms with Gasteiger partial charge in [-0.3, -0.25) is 4.57 Å². The maximum Gasteiger partial charge on any atom is 0.317 e. The molecule has 21 heavy (non-hydrogen) atoms. The van der Waals surface area contributed by atoms with E-state index in [2.05, 4.69) is 26.0 Å². The molecular formula is C14H21N2O4P. The summed E-state index contributed by atoms with van der Waals surface area (Å²) < 4.78 is 16.6. The highest BCUT2D eigenvalue weighted by molar-refractivity contribution is 7.45. The average Bonchev–Trinajstić information content (AvgIpc) is 2.79. The molecule has 2 rings (SSSR count). The van der Waals surface area contributed by atoms with Crippen molar-refractivity contribution in [3.63, 3.8) is 0 Å². The molecule has 1 aromatic carbocycles. The summed E-state index contributed by atoms with van der Waals surface area (Å²) in [5.74, 6) is 0.159. The zero-order chi connectivity index (χ0) is 15.7. The highest BCUT2D eigenvalue weighted by Gasteiger charge is 2.17. The minimum absolute atomic E-state index is 0.159. The lowest BCUT2D eigenvalue weighted by Crippen LogP contribution is -2.40. The van der Waals surface area contributed by atoms with E-state index >= 15 is 0 Å². The van der Waals surface area contributed by atoms with Crippen LogP contribution in [0.5, 0.6) is 5.75 Å². The fourth-order valence-corrected chi connectivity index (χ4v) is 2.60. The molecule has 0 saturated heterocycles. The Bertz CT molecular complexity index is 675. The maximum atomic E-state index is 11.0. The molecule has 0 bridgehead atoms. The third kappa shape index (κ3) is 4.08. The van der Waals surface area contributed by atoms with Gasteiger partial charge in [0, 0.05) is 23.5 Å². The Morgan fingerprint density at radius 3 is 2.76 bits per heavy atom. The zero-order valence-corrected chi connectivity index (χ0v) is 13.4. The van der Waals surface area contributed by atoms with E-state index in [1.807, 2.05) is 12.3 Å². The van der Waals surface area contributed by atoms with Gasteiger partial charge in [-0.1, -0.05) is 6.07 Å². The molecule has 2 N–H and O–H groups in total. The van der Waals surface area contributed by atoms with Crippen molar-refractivity contribution in [3.8, 4) is 5.75 Å². The Labute approximate surface area is 124 Å². The molecule has 0 aliphatic heterocycles. The molecule has 1 unspecified atom stereocenters.